The zero-order chi connectivity index (χ0) is 24.5. The molecule has 0 radical (unpaired) electrons. The van der Waals surface area contributed by atoms with E-state index < -0.39 is 6.10 Å². The van der Waals surface area contributed by atoms with E-state index in [1.165, 1.54) is 0 Å². The molecule has 6 heteroatoms. The summed E-state index contributed by atoms with van der Waals surface area (Å²) < 4.78 is 13.7. The second-order valence-electron chi connectivity index (χ2n) is 8.98. The van der Waals surface area contributed by atoms with Gasteiger partial charge in [0.1, 0.15) is 5.69 Å². The molecule has 0 amide bonds. The highest BCUT2D eigenvalue weighted by molar-refractivity contribution is 5.66. The Labute approximate surface area is 203 Å². The molecule has 0 saturated heterocycles. The van der Waals surface area contributed by atoms with Crippen LogP contribution in [0.3, 0.4) is 0 Å². The van der Waals surface area contributed by atoms with Crippen LogP contribution in [0.15, 0.2) is 67.3 Å². The van der Waals surface area contributed by atoms with Crippen molar-refractivity contribution >= 4 is 0 Å². The summed E-state index contributed by atoms with van der Waals surface area (Å²) in [6.07, 6.45) is 2.92. The summed E-state index contributed by atoms with van der Waals surface area (Å²) in [4.78, 5) is 2.29. The van der Waals surface area contributed by atoms with Gasteiger partial charge in [0.2, 0.25) is 5.88 Å². The number of methoxy groups -OCH3 is 1. The quantitative estimate of drug-likeness (QED) is 0.331. The van der Waals surface area contributed by atoms with Crippen LogP contribution in [0, 0.1) is 5.92 Å². The predicted octanol–water partition coefficient (Wildman–Crippen LogP) is 5.67. The highest BCUT2D eigenvalue weighted by atomic mass is 16.5. The van der Waals surface area contributed by atoms with Crippen LogP contribution in [0.25, 0.3) is 11.3 Å². The largest absolute Gasteiger partial charge is 0.493 e. The second-order valence-corrected chi connectivity index (χ2v) is 8.98. The Morgan fingerprint density at radius 2 is 1.74 bits per heavy atom. The lowest BCUT2D eigenvalue weighted by Crippen LogP contribution is -2.35. The van der Waals surface area contributed by atoms with Crippen molar-refractivity contribution in [3.63, 3.8) is 0 Å². The fraction of sp³-hybridized carbons (Fsp3) is 0.393. The maximum Gasteiger partial charge on any atom is 0.222 e. The number of aryl methyl sites for hydroxylation is 1. The Morgan fingerprint density at radius 3 is 2.38 bits per heavy atom. The molecular formula is C28H37N3O3. The van der Waals surface area contributed by atoms with Crippen molar-refractivity contribution in [2.75, 3.05) is 20.2 Å². The third kappa shape index (κ3) is 6.72. The van der Waals surface area contributed by atoms with Crippen LogP contribution < -0.4 is 9.47 Å². The first-order valence-corrected chi connectivity index (χ1v) is 11.9. The monoisotopic (exact) mass is 463 g/mol. The van der Waals surface area contributed by atoms with Gasteiger partial charge in [-0.1, -0.05) is 62.4 Å². The van der Waals surface area contributed by atoms with E-state index in [1.807, 2.05) is 55.6 Å². The molecule has 0 aliphatic carbocycles. The van der Waals surface area contributed by atoms with E-state index in [4.69, 9.17) is 14.6 Å². The summed E-state index contributed by atoms with van der Waals surface area (Å²) in [5.41, 5.74) is 2.89. The van der Waals surface area contributed by atoms with Gasteiger partial charge < -0.3 is 14.6 Å². The van der Waals surface area contributed by atoms with Crippen molar-refractivity contribution in [2.24, 2.45) is 13.0 Å². The molecule has 1 aromatic heterocycles. The van der Waals surface area contributed by atoms with Crippen LogP contribution in [0.1, 0.15) is 32.3 Å². The van der Waals surface area contributed by atoms with Crippen molar-refractivity contribution in [1.29, 1.82) is 0 Å². The topological polar surface area (TPSA) is 59.8 Å². The zero-order valence-electron chi connectivity index (χ0n) is 20.8. The van der Waals surface area contributed by atoms with Crippen molar-refractivity contribution < 1.29 is 14.6 Å². The lowest BCUT2D eigenvalue weighted by atomic mass is 10.1. The molecule has 0 saturated carbocycles. The van der Waals surface area contributed by atoms with Gasteiger partial charge in [-0.15, -0.1) is 6.58 Å². The molecule has 0 spiro atoms. The highest BCUT2D eigenvalue weighted by Crippen LogP contribution is 2.37. The number of nitrogens with zero attached hydrogens (tertiary/aromatic N) is 3. The van der Waals surface area contributed by atoms with Gasteiger partial charge in [-0.05, 0) is 30.9 Å². The van der Waals surface area contributed by atoms with E-state index in [1.54, 1.807) is 11.8 Å². The molecule has 3 rings (SSSR count). The molecule has 1 N–H and O–H groups in total. The standard InChI is InChI=1S/C28H37N3O3/c1-6-7-15-23(32)19-31(18-21(2)3)20-24-27(22-13-9-8-10-14-22)29-30(4)28(24)34-26-17-12-11-16-25(26)33-5/h6,8-14,16-17,21,23,32H,1,7,15,18-20H2,2-5H3. The number of aliphatic hydroxyl groups excluding tert-OH is 1. The maximum atomic E-state index is 10.6. The number of aliphatic hydroxyl groups is 1. The van der Waals surface area contributed by atoms with Gasteiger partial charge in [-0.2, -0.15) is 5.10 Å². The van der Waals surface area contributed by atoms with Gasteiger partial charge >= 0.3 is 0 Å². The van der Waals surface area contributed by atoms with Gasteiger partial charge in [-0.25, -0.2) is 4.68 Å². The van der Waals surface area contributed by atoms with E-state index in [9.17, 15) is 5.11 Å². The second kappa shape index (κ2) is 12.4. The van der Waals surface area contributed by atoms with E-state index >= 15 is 0 Å². The molecule has 1 atom stereocenters. The Morgan fingerprint density at radius 1 is 1.06 bits per heavy atom. The number of para-hydroxylation sites is 2. The fourth-order valence-corrected chi connectivity index (χ4v) is 4.10. The van der Waals surface area contributed by atoms with Crippen LogP contribution >= 0.6 is 0 Å². The minimum Gasteiger partial charge on any atom is -0.493 e. The summed E-state index contributed by atoms with van der Waals surface area (Å²) in [6, 6.07) is 17.8. The van der Waals surface area contributed by atoms with Gasteiger partial charge in [0.05, 0.1) is 18.8 Å². The predicted molar refractivity (Wildman–Crippen MR) is 137 cm³/mol. The number of allylic oxidation sites excluding steroid dienone is 1. The molecule has 1 unspecified atom stereocenters. The van der Waals surface area contributed by atoms with Gasteiger partial charge in [0.15, 0.2) is 11.5 Å². The summed E-state index contributed by atoms with van der Waals surface area (Å²) in [7, 11) is 3.53. The SMILES string of the molecule is C=CCCC(O)CN(Cc1c(-c2ccccc2)nn(C)c1Oc1ccccc1OC)CC(C)C. The number of ether oxygens (including phenoxy) is 2. The number of rotatable bonds is 13. The lowest BCUT2D eigenvalue weighted by Gasteiger charge is -2.27. The van der Waals surface area contributed by atoms with E-state index in [0.717, 1.165) is 29.8 Å². The van der Waals surface area contributed by atoms with Gasteiger partial charge in [-0.3, -0.25) is 4.90 Å². The van der Waals surface area contributed by atoms with Crippen LogP contribution in [-0.4, -0.2) is 46.1 Å². The van der Waals surface area contributed by atoms with E-state index in [0.29, 0.717) is 42.8 Å². The number of aromatic nitrogens is 2. The van der Waals surface area contributed by atoms with Crippen LogP contribution in [-0.2, 0) is 13.6 Å². The van der Waals surface area contributed by atoms with Crippen LogP contribution in [0.5, 0.6) is 17.4 Å². The third-order valence-corrected chi connectivity index (χ3v) is 5.59. The van der Waals surface area contributed by atoms with Gasteiger partial charge in [0.25, 0.3) is 0 Å². The van der Waals surface area contributed by atoms with E-state index in [-0.39, 0.29) is 0 Å². The molecular weight excluding hydrogens is 426 g/mol. The minimum atomic E-state index is -0.424. The minimum absolute atomic E-state index is 0.424. The molecule has 6 nitrogen and oxygen atoms in total. The van der Waals surface area contributed by atoms with Gasteiger partial charge in [0, 0.05) is 32.2 Å². The smallest absolute Gasteiger partial charge is 0.222 e. The third-order valence-electron chi connectivity index (χ3n) is 5.59. The Kier molecular flexibility index (Phi) is 9.31. The molecule has 0 aliphatic rings. The van der Waals surface area contributed by atoms with Crippen molar-refractivity contribution in [3.05, 3.63) is 72.8 Å². The van der Waals surface area contributed by atoms with E-state index in [2.05, 4.69) is 37.5 Å². The molecule has 0 bridgehead atoms. The Balaban J connectivity index is 2.01. The van der Waals surface area contributed by atoms with Crippen LogP contribution in [0.4, 0.5) is 0 Å². The number of hydrogen-bond acceptors (Lipinski definition) is 5. The first-order valence-electron chi connectivity index (χ1n) is 11.9. The highest BCUT2D eigenvalue weighted by Gasteiger charge is 2.24. The van der Waals surface area contributed by atoms with Crippen molar-refractivity contribution in [1.82, 2.24) is 14.7 Å². The molecule has 2 aromatic carbocycles. The average Bonchev–Trinajstić information content (AvgIpc) is 3.13. The summed E-state index contributed by atoms with van der Waals surface area (Å²) in [6.45, 7) is 10.2. The molecule has 1 heterocycles. The van der Waals surface area contributed by atoms with Crippen LogP contribution in [0.2, 0.25) is 0 Å². The summed E-state index contributed by atoms with van der Waals surface area (Å²) in [5, 5.41) is 15.5. The van der Waals surface area contributed by atoms with Crippen molar-refractivity contribution in [3.8, 4) is 28.6 Å². The fourth-order valence-electron chi connectivity index (χ4n) is 4.10. The molecule has 3 aromatic rings. The average molecular weight is 464 g/mol. The first-order chi connectivity index (χ1) is 16.4. The number of hydrogen-bond donors (Lipinski definition) is 1. The molecule has 0 fully saturated rings. The normalized spacial score (nSPS) is 12.2. The lowest BCUT2D eigenvalue weighted by molar-refractivity contribution is 0.0953. The Bertz CT molecular complexity index is 1050. The zero-order valence-corrected chi connectivity index (χ0v) is 20.8. The maximum absolute atomic E-state index is 10.6. The van der Waals surface area contributed by atoms with Crippen molar-refractivity contribution in [2.45, 2.75) is 39.3 Å². The summed E-state index contributed by atoms with van der Waals surface area (Å²) in [5.74, 6) is 2.41. The molecule has 182 valence electrons. The summed E-state index contributed by atoms with van der Waals surface area (Å²) >= 11 is 0. The molecule has 0 aliphatic heterocycles. The first kappa shape index (κ1) is 25.5. The molecule has 34 heavy (non-hydrogen) atoms. The Hall–Kier alpha value is -3.09. The number of benzene rings is 2.